The topological polar surface area (TPSA) is 117 Å². The van der Waals surface area contributed by atoms with Crippen LogP contribution >= 0.6 is 0 Å². The molecule has 144 heavy (non-hydrogen) atoms. The molecule has 27 aromatic rings. The minimum atomic E-state index is -0.514. The van der Waals surface area contributed by atoms with Crippen molar-refractivity contribution in [3.05, 3.63) is 540 Å². The third-order valence-corrected chi connectivity index (χ3v) is 31.5. The molecule has 3 spiro atoms. The maximum absolute atomic E-state index is 6.94. The summed E-state index contributed by atoms with van der Waals surface area (Å²) in [5.74, 6) is 2.15. The number of rotatable bonds is 6. The molecule has 9 nitrogen and oxygen atoms in total. The molecule has 0 saturated carbocycles. The normalized spacial score (nSPS) is 14.9. The van der Waals surface area contributed by atoms with E-state index in [1.54, 1.807) is 0 Å². The predicted octanol–water partition coefficient (Wildman–Crippen LogP) is 33.6. The van der Waals surface area contributed by atoms with E-state index in [1.807, 2.05) is 42.5 Å². The average Bonchev–Trinajstić information content (AvgIpc) is 1.50. The van der Waals surface area contributed by atoms with E-state index in [0.717, 1.165) is 161 Å². The molecule has 0 saturated heterocycles. The van der Waals surface area contributed by atoms with E-state index in [4.69, 9.17) is 43.2 Å². The second-order valence-electron chi connectivity index (χ2n) is 38.5. The highest BCUT2D eigenvalue weighted by Gasteiger charge is 2.57. The molecule has 2 unspecified atom stereocenters. The SMILES string of the molecule is c1ccc(-c2nc(-c3ccc4c(c3)C3(c5ccccc5-4)c4ccccc4-c4c3ccc3c4oc4ccccc43)nc3ccccc23)cc1.c1ccc(-c2nc(-c3cccc4c3-c3ccccc3C43c4ccccc4-c4c3ccc3c4oc4ccccc43)nc3ccccc23)cc1.c1ccc(-c2nc(-c3cccc4oc5c6c(ccc5c34)C3(c4ccccc4-c4ccccc43)c3ccccc3-6)nc3ccccc23)cc1. The fraction of sp³-hybridized carbons (Fsp3) is 0.0222. The van der Waals surface area contributed by atoms with Crippen LogP contribution in [0, 0.1) is 0 Å². The Kier molecular flexibility index (Phi) is 17.0. The summed E-state index contributed by atoms with van der Waals surface area (Å²) in [7, 11) is 0. The molecule has 666 valence electrons. The molecular weight excluding hydrogens is 1750 g/mol. The molecule has 0 aliphatic heterocycles. The number of hydrogen-bond acceptors (Lipinski definition) is 9. The van der Waals surface area contributed by atoms with Crippen LogP contribution < -0.4 is 0 Å². The molecule has 6 heterocycles. The van der Waals surface area contributed by atoms with Crippen molar-refractivity contribution in [2.24, 2.45) is 0 Å². The lowest BCUT2D eigenvalue weighted by molar-refractivity contribution is 0.668. The first-order valence-electron chi connectivity index (χ1n) is 49.3. The summed E-state index contributed by atoms with van der Waals surface area (Å²) in [4.78, 5) is 31.3. The number of fused-ring (bicyclic) bond motifs is 45. The monoisotopic (exact) mass is 1830 g/mol. The lowest BCUT2D eigenvalue weighted by Gasteiger charge is -2.30. The highest BCUT2D eigenvalue weighted by molar-refractivity contribution is 6.20. The molecule has 6 aliphatic rings. The summed E-state index contributed by atoms with van der Waals surface area (Å²) >= 11 is 0. The lowest BCUT2D eigenvalue weighted by Crippen LogP contribution is -2.25. The zero-order valence-electron chi connectivity index (χ0n) is 77.4. The van der Waals surface area contributed by atoms with Crippen LogP contribution in [0.3, 0.4) is 0 Å². The Labute approximate surface area is 826 Å². The van der Waals surface area contributed by atoms with E-state index >= 15 is 0 Å². The van der Waals surface area contributed by atoms with Gasteiger partial charge in [0, 0.05) is 98.5 Å². The summed E-state index contributed by atoms with van der Waals surface area (Å²) in [5, 5.41) is 9.82. The van der Waals surface area contributed by atoms with E-state index in [0.29, 0.717) is 5.82 Å². The average molecular weight is 1830 g/mol. The van der Waals surface area contributed by atoms with Crippen molar-refractivity contribution in [3.63, 3.8) is 0 Å². The minimum absolute atomic E-state index is 0.416. The Bertz CT molecular complexity index is 10000. The molecule has 21 aromatic carbocycles. The third-order valence-electron chi connectivity index (χ3n) is 31.5. The Morgan fingerprint density at radius 1 is 0.153 bits per heavy atom. The molecule has 0 fully saturated rings. The molecule has 0 bridgehead atoms. The van der Waals surface area contributed by atoms with E-state index < -0.39 is 16.2 Å². The van der Waals surface area contributed by atoms with E-state index in [2.05, 4.69) is 431 Å². The van der Waals surface area contributed by atoms with Crippen molar-refractivity contribution < 1.29 is 13.3 Å². The Hall–Kier alpha value is -19.0. The van der Waals surface area contributed by atoms with Gasteiger partial charge >= 0.3 is 0 Å². The van der Waals surface area contributed by atoms with Gasteiger partial charge in [0.1, 0.15) is 33.5 Å². The highest BCUT2D eigenvalue weighted by atomic mass is 16.3. The maximum Gasteiger partial charge on any atom is 0.161 e. The molecule has 9 heteroatoms. The minimum Gasteiger partial charge on any atom is -0.455 e. The largest absolute Gasteiger partial charge is 0.455 e. The molecule has 0 amide bonds. The van der Waals surface area contributed by atoms with Crippen molar-refractivity contribution in [1.29, 1.82) is 0 Å². The van der Waals surface area contributed by atoms with Gasteiger partial charge in [0.2, 0.25) is 0 Å². The van der Waals surface area contributed by atoms with Gasteiger partial charge in [-0.15, -0.1) is 0 Å². The first-order chi connectivity index (χ1) is 71.4. The summed E-state index contributed by atoms with van der Waals surface area (Å²) in [5.41, 5.74) is 45.9. The van der Waals surface area contributed by atoms with Crippen LogP contribution in [0.2, 0.25) is 0 Å². The Balaban J connectivity index is 0.0000000986. The second kappa shape index (κ2) is 30.5. The Morgan fingerprint density at radius 2 is 0.438 bits per heavy atom. The van der Waals surface area contributed by atoms with E-state index in [1.165, 1.54) is 134 Å². The van der Waals surface area contributed by atoms with Gasteiger partial charge in [-0.25, -0.2) is 29.9 Å². The predicted molar refractivity (Wildman–Crippen MR) is 582 cm³/mol. The van der Waals surface area contributed by atoms with Crippen LogP contribution in [0.5, 0.6) is 0 Å². The summed E-state index contributed by atoms with van der Waals surface area (Å²) in [6.07, 6.45) is 0. The Morgan fingerprint density at radius 3 is 0.889 bits per heavy atom. The van der Waals surface area contributed by atoms with Gasteiger partial charge in [0.15, 0.2) is 17.5 Å². The molecule has 0 N–H and O–H groups in total. The van der Waals surface area contributed by atoms with Crippen LogP contribution in [-0.4, -0.2) is 29.9 Å². The van der Waals surface area contributed by atoms with Crippen LogP contribution in [-0.2, 0) is 16.2 Å². The van der Waals surface area contributed by atoms with Crippen molar-refractivity contribution >= 4 is 98.5 Å². The number of nitrogens with zero attached hydrogens (tertiary/aromatic N) is 6. The van der Waals surface area contributed by atoms with E-state index in [9.17, 15) is 0 Å². The van der Waals surface area contributed by atoms with Gasteiger partial charge in [-0.05, 0) is 159 Å². The number of para-hydroxylation sites is 5. The standard InChI is InChI=1S/3C45H26N2O/c1-2-13-27(14-3-1)42-32-18-6-10-23-38(32)46-44(47-42)33-19-12-22-36-40(33)30-16-4-8-20-34(30)45(36)35-21-9-5-17-31(35)41-37(45)26-25-29-28-15-7-11-24-39(28)48-43(29)41;1-2-13-27(14-3-1)42-31-18-7-11-23-38(31)46-44(47-42)33-19-12-24-39-40(33)32-25-26-37-41(43(32)48-39)30-17-6-10-22-36(30)45(37)34-20-8-4-15-28(34)29-16-5-9-21-35(29)45;1-2-12-27(13-3-1)42-34-17-6-10-20-39(34)46-44(47-42)28-22-23-30-29-14-4-8-18-35(29)45(38(30)26-28)36-19-9-5-16-33(36)41-37(45)25-24-32-31-15-7-11-21-40(31)48-43(32)41/h3*1-26H. The number of furan rings is 3. The van der Waals surface area contributed by atoms with Gasteiger partial charge in [0.05, 0.1) is 49.9 Å². The maximum atomic E-state index is 6.94. The van der Waals surface area contributed by atoms with Gasteiger partial charge in [-0.2, -0.15) is 0 Å². The summed E-state index contributed by atoms with van der Waals surface area (Å²) < 4.78 is 20.3. The van der Waals surface area contributed by atoms with Crippen LogP contribution in [0.1, 0.15) is 66.8 Å². The quantitative estimate of drug-likeness (QED) is 0.160. The molecule has 6 aliphatic carbocycles. The van der Waals surface area contributed by atoms with Crippen molar-refractivity contribution in [2.75, 3.05) is 0 Å². The first kappa shape index (κ1) is 80.0. The second-order valence-corrected chi connectivity index (χ2v) is 38.5. The van der Waals surface area contributed by atoms with Gasteiger partial charge in [0.25, 0.3) is 0 Å². The van der Waals surface area contributed by atoms with Crippen LogP contribution in [0.15, 0.2) is 486 Å². The zero-order chi connectivity index (χ0) is 94.2. The lowest BCUT2D eigenvalue weighted by atomic mass is 9.70. The van der Waals surface area contributed by atoms with Gasteiger partial charge in [-0.1, -0.05) is 431 Å². The number of aromatic nitrogens is 6. The molecule has 33 rings (SSSR count). The molecule has 0 radical (unpaired) electrons. The third kappa shape index (κ3) is 11.0. The first-order valence-corrected chi connectivity index (χ1v) is 49.3. The van der Waals surface area contributed by atoms with Crippen molar-refractivity contribution in [2.45, 2.75) is 16.2 Å². The highest BCUT2D eigenvalue weighted by Crippen LogP contribution is 2.69. The van der Waals surface area contributed by atoms with Gasteiger partial charge in [-0.3, -0.25) is 0 Å². The smallest absolute Gasteiger partial charge is 0.161 e. The summed E-state index contributed by atoms with van der Waals surface area (Å²) in [6, 6.07) is 169. The molecule has 6 aromatic heterocycles. The van der Waals surface area contributed by atoms with Crippen molar-refractivity contribution in [3.8, 4) is 135 Å². The number of hydrogen-bond donors (Lipinski definition) is 0. The fourth-order valence-corrected chi connectivity index (χ4v) is 25.9. The van der Waals surface area contributed by atoms with Crippen LogP contribution in [0.25, 0.3) is 233 Å². The van der Waals surface area contributed by atoms with Crippen molar-refractivity contribution in [1.82, 2.24) is 29.9 Å². The molecule has 2 atom stereocenters. The zero-order valence-corrected chi connectivity index (χ0v) is 77.4. The fourth-order valence-electron chi connectivity index (χ4n) is 25.9. The summed E-state index contributed by atoms with van der Waals surface area (Å²) in [6.45, 7) is 0. The van der Waals surface area contributed by atoms with E-state index in [-0.39, 0.29) is 0 Å². The number of benzene rings is 21. The van der Waals surface area contributed by atoms with Gasteiger partial charge < -0.3 is 13.3 Å². The molecular formula is C135H78N6O3. The van der Waals surface area contributed by atoms with Crippen LogP contribution in [0.4, 0.5) is 0 Å².